The van der Waals surface area contributed by atoms with Crippen LogP contribution in [0.1, 0.15) is 17.7 Å². The van der Waals surface area contributed by atoms with E-state index in [1.165, 1.54) is 5.46 Å². The number of hydrogen-bond donors (Lipinski definition) is 0. The van der Waals surface area contributed by atoms with E-state index in [0.717, 1.165) is 131 Å². The van der Waals surface area contributed by atoms with E-state index in [4.69, 9.17) is 13.6 Å². The Morgan fingerprint density at radius 3 is 1.66 bits per heavy atom. The average Bonchev–Trinajstić information content (AvgIpc) is 3.88. The first kappa shape index (κ1) is 33.0. The van der Waals surface area contributed by atoms with Crippen molar-refractivity contribution in [2.75, 3.05) is 14.7 Å². The Balaban J connectivity index is 1.20. The molecule has 0 amide bonds. The molecule has 0 saturated heterocycles. The van der Waals surface area contributed by atoms with Gasteiger partial charge in [0.2, 0.25) is 0 Å². The lowest BCUT2D eigenvalue weighted by Crippen LogP contribution is -2.63. The summed E-state index contributed by atoms with van der Waals surface area (Å²) in [6.07, 6.45) is 6.35. The number of furan rings is 2. The fraction of sp³-hybridized carbons (Fsp3) is 0.0370. The monoisotopic (exact) mass is 783 g/mol. The Morgan fingerprint density at radius 2 is 1.03 bits per heavy atom. The average molecular weight is 784 g/mol. The molecule has 286 valence electrons. The molecule has 1 aliphatic carbocycles. The third-order valence-electron chi connectivity index (χ3n) is 13.0. The molecule has 3 aliphatic heterocycles. The molecule has 0 unspecified atom stereocenters. The van der Waals surface area contributed by atoms with Crippen molar-refractivity contribution in [3.63, 3.8) is 0 Å². The van der Waals surface area contributed by atoms with Crippen LogP contribution in [0.5, 0.6) is 11.5 Å². The maximum Gasteiger partial charge on any atom is 0.261 e. The van der Waals surface area contributed by atoms with E-state index >= 15 is 0 Å². The highest BCUT2D eigenvalue weighted by molar-refractivity contribution is 7.02. The fourth-order valence-corrected chi connectivity index (χ4v) is 10.6. The van der Waals surface area contributed by atoms with Crippen molar-refractivity contribution in [3.05, 3.63) is 187 Å². The number of aryl methyl sites for hydroxylation is 1. The molecule has 0 bridgehead atoms. The second kappa shape index (κ2) is 12.3. The Bertz CT molecular complexity index is 3430. The van der Waals surface area contributed by atoms with Crippen LogP contribution < -0.4 is 35.8 Å². The largest absolute Gasteiger partial charge is 0.460 e. The highest BCUT2D eigenvalue weighted by atomic mass is 16.5. The fourth-order valence-electron chi connectivity index (χ4n) is 10.6. The van der Waals surface area contributed by atoms with E-state index in [1.807, 2.05) is 6.07 Å². The Kier molecular flexibility index (Phi) is 6.66. The zero-order valence-corrected chi connectivity index (χ0v) is 32.9. The van der Waals surface area contributed by atoms with Gasteiger partial charge in [0.25, 0.3) is 6.71 Å². The van der Waals surface area contributed by atoms with Crippen LogP contribution in [0.4, 0.5) is 51.2 Å². The van der Waals surface area contributed by atoms with Gasteiger partial charge in [-0.15, -0.1) is 0 Å². The quantitative estimate of drug-likeness (QED) is 0.162. The predicted molar refractivity (Wildman–Crippen MR) is 250 cm³/mol. The van der Waals surface area contributed by atoms with Crippen LogP contribution in [-0.4, -0.2) is 6.71 Å². The molecule has 8 aromatic carbocycles. The molecule has 6 nitrogen and oxygen atoms in total. The van der Waals surface area contributed by atoms with Crippen molar-refractivity contribution in [1.29, 1.82) is 0 Å². The summed E-state index contributed by atoms with van der Waals surface area (Å²) >= 11 is 0. The van der Waals surface area contributed by atoms with Crippen LogP contribution in [0.15, 0.2) is 185 Å². The molecular formula is C54H34BN3O3. The van der Waals surface area contributed by atoms with E-state index in [0.29, 0.717) is 0 Å². The Labute approximate surface area is 351 Å². The highest BCUT2D eigenvalue weighted by Crippen LogP contribution is 2.55. The zero-order chi connectivity index (χ0) is 39.8. The lowest BCUT2D eigenvalue weighted by molar-refractivity contribution is 0.484. The van der Waals surface area contributed by atoms with Crippen molar-refractivity contribution in [1.82, 2.24) is 0 Å². The number of fused-ring (bicyclic) bond motifs is 8. The first-order valence-electron chi connectivity index (χ1n) is 21.0. The molecule has 0 atom stereocenters. The lowest BCUT2D eigenvalue weighted by atomic mass is 9.32. The van der Waals surface area contributed by atoms with Gasteiger partial charge in [-0.25, -0.2) is 0 Å². The van der Waals surface area contributed by atoms with Crippen LogP contribution in [0, 0.1) is 0 Å². The predicted octanol–water partition coefficient (Wildman–Crippen LogP) is 12.9. The van der Waals surface area contributed by atoms with Gasteiger partial charge in [0.1, 0.15) is 34.0 Å². The number of hydrogen-bond acceptors (Lipinski definition) is 6. The van der Waals surface area contributed by atoms with E-state index in [-0.39, 0.29) is 6.71 Å². The van der Waals surface area contributed by atoms with Gasteiger partial charge in [0.15, 0.2) is 0 Å². The van der Waals surface area contributed by atoms with E-state index in [1.54, 1.807) is 0 Å². The van der Waals surface area contributed by atoms with Gasteiger partial charge >= 0.3 is 0 Å². The smallest absolute Gasteiger partial charge is 0.261 e. The summed E-state index contributed by atoms with van der Waals surface area (Å²) in [6.45, 7) is -0.162. The number of allylic oxidation sites excluding steroid dienone is 1. The van der Waals surface area contributed by atoms with Gasteiger partial charge in [-0.2, -0.15) is 0 Å². The van der Waals surface area contributed by atoms with Crippen molar-refractivity contribution < 1.29 is 13.6 Å². The van der Waals surface area contributed by atoms with Gasteiger partial charge in [0.05, 0.1) is 27.8 Å². The summed E-state index contributed by atoms with van der Waals surface area (Å²) in [7, 11) is 0. The standard InChI is InChI=1S/C54H34BN3O3/c1-5-17-33(18-6-1)56(34-19-7-2-8-20-34)37-29-40-50-41(30-37)58(36-23-11-4-12-24-36)54-49-39-26-14-16-28-43(39)60-45(49)32-47-52(54)55(50)51-46(61-47)31-44-48(38-25-13-15-27-42(38)59-44)53(51)57(40)35-21-9-3-10-22-35/h1-15,17-27,29-32H,16,28H2. The number of anilines is 9. The van der Waals surface area contributed by atoms with Gasteiger partial charge in [-0.1, -0.05) is 103 Å². The molecule has 4 aliphatic rings. The molecule has 0 radical (unpaired) electrons. The van der Waals surface area contributed by atoms with Crippen LogP contribution >= 0.6 is 0 Å². The van der Waals surface area contributed by atoms with E-state index < -0.39 is 0 Å². The van der Waals surface area contributed by atoms with Crippen molar-refractivity contribution in [2.24, 2.45) is 0 Å². The topological polar surface area (TPSA) is 45.2 Å². The maximum atomic E-state index is 7.24. The number of para-hydroxylation sites is 5. The molecule has 5 heterocycles. The molecule has 2 aromatic heterocycles. The Hall–Kier alpha value is -7.90. The third-order valence-corrected chi connectivity index (χ3v) is 13.0. The first-order chi connectivity index (χ1) is 30.3. The number of rotatable bonds is 5. The highest BCUT2D eigenvalue weighted by Gasteiger charge is 2.51. The van der Waals surface area contributed by atoms with E-state index in [2.05, 4.69) is 191 Å². The molecule has 14 rings (SSSR count). The summed E-state index contributed by atoms with van der Waals surface area (Å²) in [5, 5.41) is 3.26. The normalized spacial score (nSPS) is 14.1. The third kappa shape index (κ3) is 4.52. The minimum atomic E-state index is -0.162. The molecule has 7 heteroatoms. The van der Waals surface area contributed by atoms with E-state index in [9.17, 15) is 0 Å². The summed E-state index contributed by atoms with van der Waals surface area (Å²) in [4.78, 5) is 7.34. The number of nitrogens with zero attached hydrogens (tertiary/aromatic N) is 3. The van der Waals surface area contributed by atoms with Crippen LogP contribution in [-0.2, 0) is 6.42 Å². The van der Waals surface area contributed by atoms with Crippen molar-refractivity contribution >= 4 is 113 Å². The Morgan fingerprint density at radius 1 is 0.492 bits per heavy atom. The summed E-state index contributed by atoms with van der Waals surface area (Å²) in [5.41, 5.74) is 16.8. The van der Waals surface area contributed by atoms with Gasteiger partial charge in [-0.3, -0.25) is 0 Å². The van der Waals surface area contributed by atoms with Crippen LogP contribution in [0.25, 0.3) is 39.0 Å². The minimum absolute atomic E-state index is 0.162. The lowest BCUT2D eigenvalue weighted by Gasteiger charge is -2.47. The molecular weight excluding hydrogens is 749 g/mol. The SMILES string of the molecule is C1=Cc2c(oc3cc4c5c(c23)N(c2ccccc2)c2cc(N(c3ccccc3)c3ccccc3)cc3c2B5c2c(cc5oc6ccccc6c5c2N3c2ccccc2)O4)CC1. The zero-order valence-electron chi connectivity index (χ0n) is 32.9. The molecule has 0 saturated carbocycles. The molecule has 10 aromatic rings. The molecule has 0 spiro atoms. The first-order valence-corrected chi connectivity index (χ1v) is 21.0. The number of benzene rings is 8. The second-order valence-electron chi connectivity index (χ2n) is 16.3. The second-order valence-corrected chi connectivity index (χ2v) is 16.3. The van der Waals surface area contributed by atoms with Gasteiger partial charge in [-0.05, 0) is 89.5 Å². The maximum absolute atomic E-state index is 7.24. The minimum Gasteiger partial charge on any atom is -0.460 e. The van der Waals surface area contributed by atoms with Crippen LogP contribution in [0.2, 0.25) is 0 Å². The van der Waals surface area contributed by atoms with Crippen molar-refractivity contribution in [2.45, 2.75) is 12.8 Å². The van der Waals surface area contributed by atoms with Crippen molar-refractivity contribution in [3.8, 4) is 11.5 Å². The molecule has 0 fully saturated rings. The van der Waals surface area contributed by atoms with Gasteiger partial charge < -0.3 is 28.3 Å². The van der Waals surface area contributed by atoms with Crippen LogP contribution in [0.3, 0.4) is 0 Å². The summed E-state index contributed by atoms with van der Waals surface area (Å²) < 4.78 is 20.8. The number of ether oxygens (including phenoxy) is 1. The molecule has 61 heavy (non-hydrogen) atoms. The summed E-state index contributed by atoms with van der Waals surface area (Å²) in [5.74, 6) is 2.62. The molecule has 0 N–H and O–H groups in total. The van der Waals surface area contributed by atoms with Gasteiger partial charge in [0, 0.05) is 63.6 Å². The summed E-state index contributed by atoms with van der Waals surface area (Å²) in [6, 6.07) is 60.5.